The van der Waals surface area contributed by atoms with E-state index >= 15 is 0 Å². The Bertz CT molecular complexity index is 834. The van der Waals surface area contributed by atoms with Gasteiger partial charge in [-0.25, -0.2) is 0 Å². The molecule has 0 heterocycles. The smallest absolute Gasteiger partial charge is 0.322 e. The van der Waals surface area contributed by atoms with Crippen LogP contribution in [0.1, 0.15) is 82.1 Å². The monoisotopic (exact) mass is 369 g/mol. The van der Waals surface area contributed by atoms with Gasteiger partial charge in [0.1, 0.15) is 6.54 Å². The maximum atomic E-state index is 11.5. The number of carbonyl (C=O) groups excluding carboxylic acids is 1. The van der Waals surface area contributed by atoms with Crippen molar-refractivity contribution in [3.63, 3.8) is 0 Å². The van der Waals surface area contributed by atoms with Crippen molar-refractivity contribution in [3.8, 4) is 0 Å². The van der Waals surface area contributed by atoms with Gasteiger partial charge in [0.05, 0.1) is 11.0 Å². The van der Waals surface area contributed by atoms with Crippen molar-refractivity contribution < 1.29 is 25.7 Å². The fraction of sp³-hybridized carbons (Fsp3) is 0.545. The van der Waals surface area contributed by atoms with Crippen LogP contribution in [0.25, 0.3) is 0 Å². The van der Waals surface area contributed by atoms with Gasteiger partial charge in [0.15, 0.2) is 0 Å². The summed E-state index contributed by atoms with van der Waals surface area (Å²) in [7, 11) is 0. The summed E-state index contributed by atoms with van der Waals surface area (Å²) in [6.07, 6.45) is 2.75. The van der Waals surface area contributed by atoms with Gasteiger partial charge in [-0.3, -0.25) is 9.59 Å². The van der Waals surface area contributed by atoms with Gasteiger partial charge in [-0.05, 0) is 44.9 Å². The molecule has 0 aromatic heterocycles. The first-order chi connectivity index (χ1) is 15.9. The third-order valence-electron chi connectivity index (χ3n) is 3.08. The van der Waals surface area contributed by atoms with Crippen molar-refractivity contribution in [2.24, 2.45) is 0 Å². The molecule has 0 aromatic carbocycles. The Morgan fingerprint density at radius 3 is 1.85 bits per heavy atom. The van der Waals surface area contributed by atoms with Crippen LogP contribution in [0.4, 0.5) is 0 Å². The molecule has 0 saturated carbocycles. The van der Waals surface area contributed by atoms with Crippen molar-refractivity contribution in [2.75, 3.05) is 6.54 Å². The third-order valence-corrected chi connectivity index (χ3v) is 3.08. The summed E-state index contributed by atoms with van der Waals surface area (Å²) in [5.74, 6) is -1.63. The first-order valence-corrected chi connectivity index (χ1v) is 8.98. The van der Waals surface area contributed by atoms with Crippen molar-refractivity contribution in [1.29, 1.82) is 0 Å². The molecule has 0 aliphatic heterocycles. The standard InChI is InChI=1S/C22H35NO3/c1-2-3-4-5-6-7-8-9-10-11-12-13-14-15-16-17-18-19-21(24)23-20-22(25)26/h6-7,9-10,12-13,15-16H,2-5,8,11,14,17-20H2,1H3,(H,23,24)(H,25,26)/b7-6-,10-9+,13-12-,16-15-/i6D,7D,9D,10D,12D,13D,15D,16D. The van der Waals surface area contributed by atoms with E-state index in [2.05, 4.69) is 5.32 Å². The maximum Gasteiger partial charge on any atom is 0.322 e. The maximum absolute atomic E-state index is 11.5. The quantitative estimate of drug-likeness (QED) is 0.285. The lowest BCUT2D eigenvalue weighted by molar-refractivity contribution is -0.137. The molecular weight excluding hydrogens is 326 g/mol. The molecule has 0 atom stereocenters. The third kappa shape index (κ3) is 19.9. The number of carbonyl (C=O) groups is 2. The van der Waals surface area contributed by atoms with Crippen LogP contribution in [0.3, 0.4) is 0 Å². The Morgan fingerprint density at radius 2 is 1.35 bits per heavy atom. The molecule has 1 amide bonds. The number of allylic oxidation sites excluding steroid dienone is 8. The van der Waals surface area contributed by atoms with E-state index in [1.165, 1.54) is 0 Å². The molecule has 0 fully saturated rings. The number of rotatable bonds is 16. The number of carboxylic acid groups (broad SMARTS) is 1. The van der Waals surface area contributed by atoms with E-state index in [1.54, 1.807) is 0 Å². The number of hydrogen-bond acceptors (Lipinski definition) is 2. The number of aliphatic carboxylic acids is 1. The normalized spacial score (nSPS) is 19.4. The minimum Gasteiger partial charge on any atom is -0.480 e. The lowest BCUT2D eigenvalue weighted by Crippen LogP contribution is -2.28. The largest absolute Gasteiger partial charge is 0.480 e. The molecule has 2 N–H and O–H groups in total. The highest BCUT2D eigenvalue weighted by molar-refractivity contribution is 5.80. The van der Waals surface area contributed by atoms with Crippen molar-refractivity contribution in [3.05, 3.63) is 48.4 Å². The second-order valence-corrected chi connectivity index (χ2v) is 5.43. The highest BCUT2D eigenvalue weighted by atomic mass is 16.4. The Morgan fingerprint density at radius 1 is 0.846 bits per heavy atom. The van der Waals surface area contributed by atoms with E-state index in [9.17, 15) is 9.59 Å². The van der Waals surface area contributed by atoms with Crippen LogP contribution in [0, 0.1) is 0 Å². The fourth-order valence-electron chi connectivity index (χ4n) is 1.75. The summed E-state index contributed by atoms with van der Waals surface area (Å²) in [6, 6.07) is -1.11. The highest BCUT2D eigenvalue weighted by Crippen LogP contribution is 2.01. The molecule has 0 aliphatic carbocycles. The van der Waals surface area contributed by atoms with Gasteiger partial charge in [-0.2, -0.15) is 0 Å². The van der Waals surface area contributed by atoms with Crippen LogP contribution >= 0.6 is 0 Å². The number of nitrogens with one attached hydrogen (secondary N) is 1. The summed E-state index contributed by atoms with van der Waals surface area (Å²) in [5.41, 5.74) is 0. The number of carboxylic acids is 1. The van der Waals surface area contributed by atoms with E-state index in [-0.39, 0.29) is 86.9 Å². The van der Waals surface area contributed by atoms with Gasteiger partial charge < -0.3 is 10.4 Å². The Kier molecular flexibility index (Phi) is 9.71. The van der Waals surface area contributed by atoms with Crippen LogP contribution < -0.4 is 5.32 Å². The molecule has 26 heavy (non-hydrogen) atoms. The average molecular weight is 370 g/mol. The predicted molar refractivity (Wildman–Crippen MR) is 109 cm³/mol. The molecule has 146 valence electrons. The van der Waals surface area contributed by atoms with Gasteiger partial charge in [0, 0.05) is 6.42 Å². The molecule has 0 radical (unpaired) electrons. The first-order valence-electron chi connectivity index (χ1n) is 13.0. The topological polar surface area (TPSA) is 66.4 Å². The van der Waals surface area contributed by atoms with Crippen LogP contribution in [0.15, 0.2) is 48.4 Å². The SMILES string of the molecule is [2H]/C(CCCC(=O)NCC(=O)O)=C(\[2H])C/C([2H])=C(/[2H])C/C([2H])=C(\[2H])C/C([2H])=C(/[2H])CCCCC. The summed E-state index contributed by atoms with van der Waals surface area (Å²) >= 11 is 0. The second-order valence-electron chi connectivity index (χ2n) is 5.43. The van der Waals surface area contributed by atoms with Crippen LogP contribution in [-0.4, -0.2) is 23.5 Å². The van der Waals surface area contributed by atoms with Crippen LogP contribution in [0.5, 0.6) is 0 Å². The van der Waals surface area contributed by atoms with Crippen molar-refractivity contribution in [1.82, 2.24) is 5.32 Å². The zero-order valence-electron chi connectivity index (χ0n) is 23.5. The van der Waals surface area contributed by atoms with E-state index in [0.29, 0.717) is 6.42 Å². The molecule has 0 saturated heterocycles. The van der Waals surface area contributed by atoms with E-state index in [0.717, 1.165) is 19.3 Å². The summed E-state index contributed by atoms with van der Waals surface area (Å²) < 4.78 is 63.5. The minimum absolute atomic E-state index is 0.000549. The van der Waals surface area contributed by atoms with Crippen molar-refractivity contribution >= 4 is 11.9 Å². The van der Waals surface area contributed by atoms with Gasteiger partial charge >= 0.3 is 5.97 Å². The molecule has 4 nitrogen and oxygen atoms in total. The Balaban J connectivity index is 4.91. The second kappa shape index (κ2) is 19.2. The predicted octanol–water partition coefficient (Wildman–Crippen LogP) is 5.33. The highest BCUT2D eigenvalue weighted by Gasteiger charge is 2.02. The molecule has 0 bridgehead atoms. The summed E-state index contributed by atoms with van der Waals surface area (Å²) in [6.45, 7) is 1.55. The summed E-state index contributed by atoms with van der Waals surface area (Å²) in [4.78, 5) is 21.9. The van der Waals surface area contributed by atoms with E-state index < -0.39 is 18.4 Å². The molecule has 0 unspecified atom stereocenters. The fourth-order valence-corrected chi connectivity index (χ4v) is 1.75. The molecule has 4 heteroatoms. The lowest BCUT2D eigenvalue weighted by atomic mass is 10.2. The summed E-state index contributed by atoms with van der Waals surface area (Å²) in [5, 5.41) is 10.7. The number of amides is 1. The Labute approximate surface area is 170 Å². The Hall–Kier alpha value is -2.10. The van der Waals surface area contributed by atoms with Crippen molar-refractivity contribution in [2.45, 2.75) is 71.1 Å². The average Bonchev–Trinajstić information content (AvgIpc) is 2.77. The number of hydrogen-bond donors (Lipinski definition) is 2. The molecule has 0 spiro atoms. The van der Waals surface area contributed by atoms with Gasteiger partial charge in [0.25, 0.3) is 0 Å². The van der Waals surface area contributed by atoms with Gasteiger partial charge in [-0.15, -0.1) is 0 Å². The van der Waals surface area contributed by atoms with E-state index in [1.807, 2.05) is 6.92 Å². The van der Waals surface area contributed by atoms with Crippen LogP contribution in [-0.2, 0) is 9.59 Å². The van der Waals surface area contributed by atoms with E-state index in [4.69, 9.17) is 16.1 Å². The number of unbranched alkanes of at least 4 members (excludes halogenated alkanes) is 2. The molecule has 0 rings (SSSR count). The van der Waals surface area contributed by atoms with Gasteiger partial charge in [-0.1, -0.05) is 68.2 Å². The van der Waals surface area contributed by atoms with Gasteiger partial charge in [0.2, 0.25) is 5.91 Å². The molecule has 0 aromatic rings. The van der Waals surface area contributed by atoms with Crippen LogP contribution in [0.2, 0.25) is 0 Å². The lowest BCUT2D eigenvalue weighted by Gasteiger charge is -2.00. The minimum atomic E-state index is -1.16. The zero-order chi connectivity index (χ0) is 26.3. The first kappa shape index (κ1) is 13.1. The molecular formula is C22H35NO3. The molecule has 0 aliphatic rings. The zero-order valence-corrected chi connectivity index (χ0v) is 15.5.